The van der Waals surface area contributed by atoms with Crippen molar-refractivity contribution in [1.82, 2.24) is 5.32 Å². The van der Waals surface area contributed by atoms with Crippen molar-refractivity contribution >= 4 is 6.09 Å². The second-order valence-electron chi connectivity index (χ2n) is 4.95. The minimum absolute atomic E-state index is 0.470. The number of carbonyl (C=O) groups excluding carboxylic acids is 1. The molecule has 1 amide bonds. The number of amides is 1. The molecule has 0 fully saturated rings. The summed E-state index contributed by atoms with van der Waals surface area (Å²) < 4.78 is 18.4. The van der Waals surface area contributed by atoms with Gasteiger partial charge in [-0.3, -0.25) is 0 Å². The molecule has 0 bridgehead atoms. The topological polar surface area (TPSA) is 58.6 Å². The number of rotatable bonds is 3. The highest BCUT2D eigenvalue weighted by molar-refractivity contribution is 5.68. The number of nitrogens with one attached hydrogen (secondary N) is 1. The van der Waals surface area contributed by atoms with Crippen LogP contribution in [0.2, 0.25) is 0 Å². The fraction of sp³-hybridized carbons (Fsp3) is 0.900. The number of aliphatic hydroxyl groups excluding tert-OH is 1. The van der Waals surface area contributed by atoms with Crippen LogP contribution >= 0.6 is 0 Å². The van der Waals surface area contributed by atoms with E-state index in [1.807, 2.05) is 0 Å². The number of alkyl carbamates (subject to hydrolysis) is 1. The number of halogens is 1. The van der Waals surface area contributed by atoms with Gasteiger partial charge in [0.2, 0.25) is 0 Å². The average Bonchev–Trinajstić information content (AvgIpc) is 1.94. The van der Waals surface area contributed by atoms with Gasteiger partial charge in [0.05, 0.1) is 12.6 Å². The van der Waals surface area contributed by atoms with E-state index in [1.165, 1.54) is 13.8 Å². The van der Waals surface area contributed by atoms with Crippen LogP contribution in [0.5, 0.6) is 0 Å². The van der Waals surface area contributed by atoms with Crippen LogP contribution in [0, 0.1) is 0 Å². The lowest BCUT2D eigenvalue weighted by Gasteiger charge is -2.28. The smallest absolute Gasteiger partial charge is 0.408 e. The summed E-state index contributed by atoms with van der Waals surface area (Å²) in [6.45, 7) is 7.22. The number of carbonyl (C=O) groups is 1. The number of aliphatic hydroxyl groups is 1. The summed E-state index contributed by atoms with van der Waals surface area (Å²) in [5.74, 6) is 0. The molecule has 2 N–H and O–H groups in total. The summed E-state index contributed by atoms with van der Waals surface area (Å²) in [6.07, 6.45) is -0.729. The molecule has 90 valence electrons. The number of ether oxygens (including phenoxy) is 1. The Balaban J connectivity index is 4.27. The molecule has 0 aromatic heterocycles. The lowest BCUT2D eigenvalue weighted by Crippen LogP contribution is -2.50. The highest BCUT2D eigenvalue weighted by Crippen LogP contribution is 2.15. The van der Waals surface area contributed by atoms with E-state index in [4.69, 9.17) is 9.84 Å². The monoisotopic (exact) mass is 221 g/mol. The first-order valence-electron chi connectivity index (χ1n) is 4.85. The van der Waals surface area contributed by atoms with E-state index >= 15 is 0 Å². The van der Waals surface area contributed by atoms with Crippen LogP contribution in [0.1, 0.15) is 34.6 Å². The standard InChI is InChI=1S/C10H20FNO3/c1-9(2,3)15-8(14)12-7(6-13)10(4,5)11/h7,13H,6H2,1-5H3,(H,12,14). The Kier molecular flexibility index (Phi) is 4.52. The first-order chi connectivity index (χ1) is 6.56. The maximum atomic E-state index is 13.4. The van der Waals surface area contributed by atoms with E-state index < -0.39 is 30.0 Å². The molecule has 1 unspecified atom stereocenters. The first-order valence-corrected chi connectivity index (χ1v) is 4.85. The van der Waals surface area contributed by atoms with Gasteiger partial charge in [-0.15, -0.1) is 0 Å². The highest BCUT2D eigenvalue weighted by Gasteiger charge is 2.31. The van der Waals surface area contributed by atoms with Gasteiger partial charge in [0.25, 0.3) is 0 Å². The van der Waals surface area contributed by atoms with Gasteiger partial charge < -0.3 is 15.2 Å². The summed E-state index contributed by atoms with van der Waals surface area (Å²) in [6, 6.07) is -0.965. The molecule has 0 aliphatic heterocycles. The molecule has 0 spiro atoms. The third-order valence-electron chi connectivity index (χ3n) is 1.70. The maximum absolute atomic E-state index is 13.4. The molecule has 0 aliphatic carbocycles. The SMILES string of the molecule is CC(C)(C)OC(=O)NC(CO)C(C)(C)F. The second kappa shape index (κ2) is 4.79. The van der Waals surface area contributed by atoms with Crippen LogP contribution in [0.15, 0.2) is 0 Å². The van der Waals surface area contributed by atoms with Gasteiger partial charge in [0.15, 0.2) is 0 Å². The van der Waals surface area contributed by atoms with Crippen molar-refractivity contribution in [2.24, 2.45) is 0 Å². The van der Waals surface area contributed by atoms with Crippen LogP contribution in [-0.4, -0.2) is 35.1 Å². The maximum Gasteiger partial charge on any atom is 0.408 e. The second-order valence-corrected chi connectivity index (χ2v) is 4.95. The Hall–Kier alpha value is -0.840. The molecule has 0 heterocycles. The van der Waals surface area contributed by atoms with Crippen molar-refractivity contribution < 1.29 is 19.0 Å². The minimum atomic E-state index is -1.69. The predicted molar refractivity (Wildman–Crippen MR) is 55.4 cm³/mol. The molecular formula is C10H20FNO3. The molecule has 0 aromatic carbocycles. The molecule has 0 radical (unpaired) electrons. The highest BCUT2D eigenvalue weighted by atomic mass is 19.1. The number of hydrogen-bond acceptors (Lipinski definition) is 3. The zero-order valence-corrected chi connectivity index (χ0v) is 9.93. The van der Waals surface area contributed by atoms with E-state index in [2.05, 4.69) is 5.32 Å². The molecule has 15 heavy (non-hydrogen) atoms. The van der Waals surface area contributed by atoms with Gasteiger partial charge in [-0.25, -0.2) is 9.18 Å². The van der Waals surface area contributed by atoms with Gasteiger partial charge in [0.1, 0.15) is 11.3 Å². The molecule has 1 atom stereocenters. The Bertz CT molecular complexity index is 218. The Morgan fingerprint density at radius 1 is 1.40 bits per heavy atom. The van der Waals surface area contributed by atoms with E-state index in [9.17, 15) is 9.18 Å². The van der Waals surface area contributed by atoms with Crippen molar-refractivity contribution in [2.45, 2.75) is 51.9 Å². The third kappa shape index (κ3) is 6.28. The molecule has 0 rings (SSSR count). The largest absolute Gasteiger partial charge is 0.444 e. The van der Waals surface area contributed by atoms with Gasteiger partial charge in [0, 0.05) is 0 Å². The van der Waals surface area contributed by atoms with Crippen molar-refractivity contribution in [3.63, 3.8) is 0 Å². The molecular weight excluding hydrogens is 201 g/mol. The fourth-order valence-corrected chi connectivity index (χ4v) is 0.884. The third-order valence-corrected chi connectivity index (χ3v) is 1.70. The van der Waals surface area contributed by atoms with Gasteiger partial charge in [-0.2, -0.15) is 0 Å². The van der Waals surface area contributed by atoms with Crippen LogP contribution in [0.25, 0.3) is 0 Å². The van der Waals surface area contributed by atoms with Crippen LogP contribution in [0.4, 0.5) is 9.18 Å². The quantitative estimate of drug-likeness (QED) is 0.761. The molecule has 5 heteroatoms. The number of hydrogen-bond donors (Lipinski definition) is 2. The first kappa shape index (κ1) is 14.2. The predicted octanol–water partition coefficient (Wildman–Crippen LogP) is 1.62. The fourth-order valence-electron chi connectivity index (χ4n) is 0.884. The van der Waals surface area contributed by atoms with Crippen molar-refractivity contribution in [3.05, 3.63) is 0 Å². The molecule has 0 aromatic rings. The van der Waals surface area contributed by atoms with Crippen LogP contribution in [0.3, 0.4) is 0 Å². The Morgan fingerprint density at radius 3 is 2.13 bits per heavy atom. The summed E-state index contributed by atoms with van der Waals surface area (Å²) in [4.78, 5) is 11.3. The summed E-state index contributed by atoms with van der Waals surface area (Å²) in [5.41, 5.74) is -2.32. The minimum Gasteiger partial charge on any atom is -0.444 e. The van der Waals surface area contributed by atoms with Crippen molar-refractivity contribution in [2.75, 3.05) is 6.61 Å². The van der Waals surface area contributed by atoms with Crippen molar-refractivity contribution in [3.8, 4) is 0 Å². The van der Waals surface area contributed by atoms with Gasteiger partial charge in [-0.1, -0.05) is 0 Å². The average molecular weight is 221 g/mol. The normalized spacial score (nSPS) is 14.6. The molecule has 0 saturated carbocycles. The lowest BCUT2D eigenvalue weighted by atomic mass is 10.0. The van der Waals surface area contributed by atoms with Crippen LogP contribution in [-0.2, 0) is 4.74 Å². The Morgan fingerprint density at radius 2 is 1.87 bits per heavy atom. The van der Waals surface area contributed by atoms with Gasteiger partial charge in [-0.05, 0) is 34.6 Å². The van der Waals surface area contributed by atoms with E-state index in [0.29, 0.717) is 0 Å². The summed E-state index contributed by atoms with van der Waals surface area (Å²) in [7, 11) is 0. The lowest BCUT2D eigenvalue weighted by molar-refractivity contribution is 0.0350. The molecule has 0 saturated heterocycles. The van der Waals surface area contributed by atoms with Gasteiger partial charge >= 0.3 is 6.09 Å². The zero-order valence-electron chi connectivity index (χ0n) is 9.93. The molecule has 4 nitrogen and oxygen atoms in total. The summed E-state index contributed by atoms with van der Waals surface area (Å²) >= 11 is 0. The zero-order chi connectivity index (χ0) is 12.3. The van der Waals surface area contributed by atoms with E-state index in [1.54, 1.807) is 20.8 Å². The van der Waals surface area contributed by atoms with Crippen molar-refractivity contribution in [1.29, 1.82) is 0 Å². The van der Waals surface area contributed by atoms with E-state index in [-0.39, 0.29) is 0 Å². The van der Waals surface area contributed by atoms with Crippen LogP contribution < -0.4 is 5.32 Å². The van der Waals surface area contributed by atoms with E-state index in [0.717, 1.165) is 0 Å². The number of alkyl halides is 1. The molecule has 0 aliphatic rings. The summed E-state index contributed by atoms with van der Waals surface area (Å²) in [5, 5.41) is 11.2. The Labute approximate surface area is 89.8 Å².